The largest absolute Gasteiger partial charge is 0.372 e. The fourth-order valence-electron chi connectivity index (χ4n) is 1.85. The molecule has 18 heavy (non-hydrogen) atoms. The van der Waals surface area contributed by atoms with Crippen LogP contribution in [0.15, 0.2) is 18.2 Å². The molecule has 1 aromatic carbocycles. The first kappa shape index (κ1) is 15.7. The molecule has 0 spiro atoms. The number of anilines is 1. The van der Waals surface area contributed by atoms with E-state index in [1.54, 1.807) is 0 Å². The first-order chi connectivity index (χ1) is 8.60. The molecule has 4 heteroatoms. The Morgan fingerprint density at radius 1 is 1.44 bits per heavy atom. The number of benzene rings is 1. The van der Waals surface area contributed by atoms with Crippen molar-refractivity contribution in [3.63, 3.8) is 0 Å². The minimum Gasteiger partial charge on any atom is -0.372 e. The highest BCUT2D eigenvalue weighted by Gasteiger charge is 2.11. The molecule has 2 nitrogen and oxygen atoms in total. The SMILES string of the molecule is CSCCC(C)N(C)c1ccc(CCN)c(Cl)c1. The number of rotatable bonds is 7. The Morgan fingerprint density at radius 3 is 2.72 bits per heavy atom. The summed E-state index contributed by atoms with van der Waals surface area (Å²) in [5, 5.41) is 0.821. The molecule has 0 heterocycles. The lowest BCUT2D eigenvalue weighted by Gasteiger charge is -2.27. The van der Waals surface area contributed by atoms with E-state index in [1.807, 2.05) is 17.8 Å². The van der Waals surface area contributed by atoms with Crippen LogP contribution in [0, 0.1) is 0 Å². The van der Waals surface area contributed by atoms with Gasteiger partial charge in [-0.25, -0.2) is 0 Å². The van der Waals surface area contributed by atoms with E-state index in [2.05, 4.69) is 37.3 Å². The van der Waals surface area contributed by atoms with Crippen molar-refractivity contribution in [3.05, 3.63) is 28.8 Å². The summed E-state index contributed by atoms with van der Waals surface area (Å²) in [4.78, 5) is 2.29. The molecule has 0 radical (unpaired) electrons. The van der Waals surface area contributed by atoms with Gasteiger partial charge in [-0.3, -0.25) is 0 Å². The van der Waals surface area contributed by atoms with Gasteiger partial charge < -0.3 is 10.6 Å². The summed E-state index contributed by atoms with van der Waals surface area (Å²) < 4.78 is 0. The van der Waals surface area contributed by atoms with Crippen LogP contribution in [0.2, 0.25) is 5.02 Å². The topological polar surface area (TPSA) is 29.3 Å². The molecular formula is C14H23ClN2S. The third-order valence-corrected chi connectivity index (χ3v) is 4.25. The fraction of sp³-hybridized carbons (Fsp3) is 0.571. The summed E-state index contributed by atoms with van der Waals surface area (Å²) in [6.07, 6.45) is 4.16. The molecule has 0 aromatic heterocycles. The molecule has 1 atom stereocenters. The third kappa shape index (κ3) is 4.38. The maximum Gasteiger partial charge on any atom is 0.0459 e. The van der Waals surface area contributed by atoms with Crippen molar-refractivity contribution < 1.29 is 0 Å². The summed E-state index contributed by atoms with van der Waals surface area (Å²) in [6.45, 7) is 2.89. The third-order valence-electron chi connectivity index (χ3n) is 3.26. The van der Waals surface area contributed by atoms with E-state index in [-0.39, 0.29) is 0 Å². The van der Waals surface area contributed by atoms with E-state index >= 15 is 0 Å². The second-order valence-electron chi connectivity index (χ2n) is 4.56. The predicted molar refractivity (Wildman–Crippen MR) is 85.1 cm³/mol. The average molecular weight is 287 g/mol. The van der Waals surface area contributed by atoms with Crippen LogP contribution in [0.4, 0.5) is 5.69 Å². The van der Waals surface area contributed by atoms with Gasteiger partial charge in [0, 0.05) is 23.8 Å². The van der Waals surface area contributed by atoms with Crippen molar-refractivity contribution in [2.24, 2.45) is 5.73 Å². The highest BCUT2D eigenvalue weighted by atomic mass is 35.5. The quantitative estimate of drug-likeness (QED) is 0.833. The second-order valence-corrected chi connectivity index (χ2v) is 5.95. The van der Waals surface area contributed by atoms with Crippen molar-refractivity contribution >= 4 is 29.1 Å². The smallest absolute Gasteiger partial charge is 0.0459 e. The fourth-order valence-corrected chi connectivity index (χ4v) is 2.70. The Kier molecular flexibility index (Phi) is 6.90. The number of hydrogen-bond acceptors (Lipinski definition) is 3. The van der Waals surface area contributed by atoms with Crippen LogP contribution in [0.1, 0.15) is 18.9 Å². The van der Waals surface area contributed by atoms with Gasteiger partial charge in [0.25, 0.3) is 0 Å². The number of nitrogens with two attached hydrogens (primary N) is 1. The van der Waals surface area contributed by atoms with Crippen molar-refractivity contribution in [1.29, 1.82) is 0 Å². The average Bonchev–Trinajstić information content (AvgIpc) is 2.37. The molecule has 0 saturated heterocycles. The molecule has 0 bridgehead atoms. The van der Waals surface area contributed by atoms with Gasteiger partial charge in [-0.05, 0) is 56.0 Å². The molecule has 0 fully saturated rings. The van der Waals surface area contributed by atoms with Crippen LogP contribution in [-0.4, -0.2) is 31.6 Å². The highest BCUT2D eigenvalue weighted by Crippen LogP contribution is 2.25. The minimum atomic E-state index is 0.522. The Labute approximate surface area is 120 Å². The lowest BCUT2D eigenvalue weighted by atomic mass is 10.1. The molecule has 0 saturated carbocycles. The van der Waals surface area contributed by atoms with E-state index in [0.717, 1.165) is 17.0 Å². The van der Waals surface area contributed by atoms with Gasteiger partial charge in [0.1, 0.15) is 0 Å². The summed E-state index contributed by atoms with van der Waals surface area (Å²) >= 11 is 8.16. The van der Waals surface area contributed by atoms with Crippen molar-refractivity contribution in [1.82, 2.24) is 0 Å². The first-order valence-electron chi connectivity index (χ1n) is 6.30. The van der Waals surface area contributed by atoms with Crippen molar-refractivity contribution in [2.75, 3.05) is 30.5 Å². The van der Waals surface area contributed by atoms with Crippen LogP contribution >= 0.6 is 23.4 Å². The molecule has 1 aromatic rings. The standard InChI is InChI=1S/C14H23ClN2S/c1-11(7-9-18-3)17(2)13-5-4-12(6-8-16)14(15)10-13/h4-5,10-11H,6-9,16H2,1-3H3. The van der Waals surface area contributed by atoms with Gasteiger partial charge in [0.05, 0.1) is 0 Å². The zero-order chi connectivity index (χ0) is 13.5. The van der Waals surface area contributed by atoms with E-state index in [1.165, 1.54) is 17.9 Å². The van der Waals surface area contributed by atoms with E-state index in [4.69, 9.17) is 17.3 Å². The summed E-state index contributed by atoms with van der Waals surface area (Å²) in [5.74, 6) is 1.19. The van der Waals surface area contributed by atoms with Crippen LogP contribution in [0.5, 0.6) is 0 Å². The van der Waals surface area contributed by atoms with Gasteiger partial charge in [-0.1, -0.05) is 17.7 Å². The lowest BCUT2D eigenvalue weighted by molar-refractivity contribution is 0.669. The Morgan fingerprint density at radius 2 is 2.17 bits per heavy atom. The highest BCUT2D eigenvalue weighted by molar-refractivity contribution is 7.98. The molecule has 2 N–H and O–H groups in total. The maximum atomic E-state index is 6.27. The molecule has 1 rings (SSSR count). The second kappa shape index (κ2) is 7.93. The van der Waals surface area contributed by atoms with Gasteiger partial charge in [0.2, 0.25) is 0 Å². The zero-order valence-electron chi connectivity index (χ0n) is 11.4. The molecule has 0 amide bonds. The predicted octanol–water partition coefficient (Wildman–Crippen LogP) is 3.42. The summed E-state index contributed by atoms with van der Waals surface area (Å²) in [6, 6.07) is 6.78. The Bertz CT molecular complexity index is 371. The molecular weight excluding hydrogens is 264 g/mol. The number of nitrogens with zero attached hydrogens (tertiary/aromatic N) is 1. The van der Waals surface area contributed by atoms with Gasteiger partial charge in [0.15, 0.2) is 0 Å². The lowest BCUT2D eigenvalue weighted by Crippen LogP contribution is -2.29. The van der Waals surface area contributed by atoms with Crippen LogP contribution < -0.4 is 10.6 Å². The number of thioether (sulfide) groups is 1. The van der Waals surface area contributed by atoms with E-state index in [0.29, 0.717) is 12.6 Å². The van der Waals surface area contributed by atoms with Gasteiger partial charge in [-0.2, -0.15) is 11.8 Å². The van der Waals surface area contributed by atoms with Crippen molar-refractivity contribution in [3.8, 4) is 0 Å². The minimum absolute atomic E-state index is 0.522. The van der Waals surface area contributed by atoms with Gasteiger partial charge in [-0.15, -0.1) is 0 Å². The zero-order valence-corrected chi connectivity index (χ0v) is 13.0. The number of halogens is 1. The first-order valence-corrected chi connectivity index (χ1v) is 8.07. The summed E-state index contributed by atoms with van der Waals surface area (Å²) in [5.41, 5.74) is 7.87. The molecule has 0 aliphatic heterocycles. The van der Waals surface area contributed by atoms with Crippen LogP contribution in [0.25, 0.3) is 0 Å². The summed E-state index contributed by atoms with van der Waals surface area (Å²) in [7, 11) is 2.12. The van der Waals surface area contributed by atoms with Crippen LogP contribution in [0.3, 0.4) is 0 Å². The van der Waals surface area contributed by atoms with Crippen molar-refractivity contribution in [2.45, 2.75) is 25.8 Å². The normalized spacial score (nSPS) is 12.5. The van der Waals surface area contributed by atoms with Crippen LogP contribution in [-0.2, 0) is 6.42 Å². The molecule has 0 aliphatic carbocycles. The Balaban J connectivity index is 2.74. The Hall–Kier alpha value is -0.380. The molecule has 1 unspecified atom stereocenters. The monoisotopic (exact) mass is 286 g/mol. The van der Waals surface area contributed by atoms with E-state index in [9.17, 15) is 0 Å². The maximum absolute atomic E-state index is 6.27. The van der Waals surface area contributed by atoms with E-state index < -0.39 is 0 Å². The number of hydrogen-bond donors (Lipinski definition) is 1. The molecule has 0 aliphatic rings. The van der Waals surface area contributed by atoms with Gasteiger partial charge >= 0.3 is 0 Å². The molecule has 102 valence electrons.